The van der Waals surface area contributed by atoms with Crippen LogP contribution in [-0.4, -0.2) is 23.3 Å². The summed E-state index contributed by atoms with van der Waals surface area (Å²) in [5.41, 5.74) is 12.6. The molecule has 0 aliphatic carbocycles. The summed E-state index contributed by atoms with van der Waals surface area (Å²) in [5, 5.41) is 19.8. The van der Waals surface area contributed by atoms with Gasteiger partial charge in [0.25, 0.3) is 0 Å². The quantitative estimate of drug-likeness (QED) is 0.173. The van der Waals surface area contributed by atoms with Gasteiger partial charge >= 0.3 is 0 Å². The molecule has 0 bridgehead atoms. The molecule has 0 unspecified atom stereocenters. The normalized spacial score (nSPS) is 11.9. The van der Waals surface area contributed by atoms with E-state index in [-0.39, 0.29) is 0 Å². The molecule has 0 fully saturated rings. The van der Waals surface area contributed by atoms with Crippen LogP contribution in [0.3, 0.4) is 0 Å². The van der Waals surface area contributed by atoms with E-state index in [1.807, 2.05) is 12.1 Å². The Morgan fingerprint density at radius 3 is 0.864 bits per heavy atom. The number of fused-ring (bicyclic) bond motifs is 12. The molecule has 0 saturated carbocycles. The van der Waals surface area contributed by atoms with E-state index >= 15 is 0 Å². The third kappa shape index (κ3) is 4.97. The Kier molecular flexibility index (Phi) is 7.65. The predicted octanol–water partition coefficient (Wildman–Crippen LogP) is 15.0. The molecule has 0 spiro atoms. The lowest BCUT2D eigenvalue weighted by atomic mass is 9.98. The highest BCUT2D eigenvalue weighted by molar-refractivity contribution is 6.15. The average molecular weight is 841 g/mol. The fraction of sp³-hybridized carbons (Fsp3) is 0. The van der Waals surface area contributed by atoms with E-state index in [9.17, 15) is 5.26 Å². The molecule has 0 aliphatic rings. The van der Waals surface area contributed by atoms with Crippen molar-refractivity contribution in [1.82, 2.24) is 23.3 Å². The summed E-state index contributed by atoms with van der Waals surface area (Å²) in [6, 6.07) is 80.1. The van der Waals surface area contributed by atoms with Crippen LogP contribution in [0.2, 0.25) is 0 Å². The van der Waals surface area contributed by atoms with E-state index in [1.165, 1.54) is 0 Å². The second-order valence-corrected chi connectivity index (χ2v) is 17.0. The van der Waals surface area contributed by atoms with Crippen molar-refractivity contribution in [3.8, 4) is 40.2 Å². The van der Waals surface area contributed by atoms with E-state index in [0.717, 1.165) is 121 Å². The molecule has 6 heteroatoms. The summed E-state index contributed by atoms with van der Waals surface area (Å²) in [7, 11) is 0. The number of hydrogen-bond donors (Lipinski definition) is 0. The standard InChI is InChI=1S/C60H36N6/c61-37-38-18-17-19-39(36-38)56-57(63-48-28-9-1-20-40(48)41-21-2-10-29-49(41)63)59(65-52-32-13-5-24-44(52)45-25-6-14-33-53(45)65)62-60(66-54-34-15-7-26-46(54)47-27-8-16-35-55(47)66)58(56)64-50-30-11-3-22-42(50)43-23-4-12-31-51(43)64/h1-36H. The molecule has 0 amide bonds. The molecule has 306 valence electrons. The molecule has 5 aromatic heterocycles. The van der Waals surface area contributed by atoms with Gasteiger partial charge in [0.1, 0.15) is 11.4 Å². The van der Waals surface area contributed by atoms with Crippen LogP contribution >= 0.6 is 0 Å². The van der Waals surface area contributed by atoms with Crippen LogP contribution in [-0.2, 0) is 0 Å². The summed E-state index contributed by atoms with van der Waals surface area (Å²) in [4.78, 5) is 6.25. The summed E-state index contributed by atoms with van der Waals surface area (Å²) < 4.78 is 9.60. The topological polar surface area (TPSA) is 56.4 Å². The van der Waals surface area contributed by atoms with Gasteiger partial charge in [-0.25, -0.2) is 4.98 Å². The van der Waals surface area contributed by atoms with E-state index in [1.54, 1.807) is 0 Å². The summed E-state index contributed by atoms with van der Waals surface area (Å²) in [6.45, 7) is 0. The molecular formula is C60H36N6. The highest BCUT2D eigenvalue weighted by Gasteiger charge is 2.32. The molecule has 0 aliphatic heterocycles. The SMILES string of the molecule is N#Cc1cccc(-c2c(-n3c4ccccc4c4ccccc43)c(-n3c4ccccc4c4ccccc43)nc(-n3c4ccccc4c4ccccc43)c2-n2c3ccccc3c3ccccc32)c1. The molecule has 0 saturated heterocycles. The molecular weight excluding hydrogens is 805 g/mol. The molecule has 14 rings (SSSR count). The number of nitrogens with zero attached hydrogens (tertiary/aromatic N) is 6. The van der Waals surface area contributed by atoms with Crippen molar-refractivity contribution in [3.05, 3.63) is 224 Å². The zero-order chi connectivity index (χ0) is 43.5. The van der Waals surface area contributed by atoms with Crippen LogP contribution in [0.4, 0.5) is 0 Å². The van der Waals surface area contributed by atoms with Gasteiger partial charge in [0.2, 0.25) is 0 Å². The maximum Gasteiger partial charge on any atom is 0.165 e. The zero-order valence-electron chi connectivity index (χ0n) is 35.5. The van der Waals surface area contributed by atoms with Crippen LogP contribution in [0.15, 0.2) is 218 Å². The minimum Gasteiger partial charge on any atom is -0.305 e. The molecule has 5 heterocycles. The minimum atomic E-state index is 0.572. The number of nitriles is 1. The monoisotopic (exact) mass is 840 g/mol. The highest BCUT2D eigenvalue weighted by Crippen LogP contribution is 2.48. The average Bonchev–Trinajstić information content (AvgIpc) is 4.11. The van der Waals surface area contributed by atoms with Crippen LogP contribution in [0, 0.1) is 11.3 Å². The molecule has 9 aromatic carbocycles. The third-order valence-electron chi connectivity index (χ3n) is 13.6. The van der Waals surface area contributed by atoms with Crippen molar-refractivity contribution in [3.63, 3.8) is 0 Å². The van der Waals surface area contributed by atoms with Crippen LogP contribution in [0.1, 0.15) is 5.56 Å². The van der Waals surface area contributed by atoms with Crippen LogP contribution in [0.25, 0.3) is 121 Å². The molecule has 0 atom stereocenters. The Bertz CT molecular complexity index is 3910. The first kappa shape index (κ1) is 36.3. The zero-order valence-corrected chi connectivity index (χ0v) is 35.5. The van der Waals surface area contributed by atoms with Crippen molar-refractivity contribution in [2.75, 3.05) is 0 Å². The number of aromatic nitrogens is 5. The van der Waals surface area contributed by atoms with Gasteiger partial charge in [0.15, 0.2) is 11.6 Å². The largest absolute Gasteiger partial charge is 0.305 e. The maximum atomic E-state index is 10.7. The number of benzene rings is 9. The number of para-hydroxylation sites is 8. The summed E-state index contributed by atoms with van der Waals surface area (Å²) in [5.74, 6) is 1.52. The van der Waals surface area contributed by atoms with Crippen LogP contribution in [0.5, 0.6) is 0 Å². The number of pyridine rings is 1. The Balaban J connectivity index is 1.34. The maximum absolute atomic E-state index is 10.7. The molecule has 66 heavy (non-hydrogen) atoms. The second kappa shape index (κ2) is 13.9. The highest BCUT2D eigenvalue weighted by atomic mass is 15.2. The summed E-state index contributed by atoms with van der Waals surface area (Å²) >= 11 is 0. The van der Waals surface area contributed by atoms with Crippen molar-refractivity contribution >= 4 is 87.2 Å². The van der Waals surface area contributed by atoms with Gasteiger partial charge in [-0.15, -0.1) is 0 Å². The number of hydrogen-bond acceptors (Lipinski definition) is 2. The lowest BCUT2D eigenvalue weighted by Gasteiger charge is -2.27. The predicted molar refractivity (Wildman–Crippen MR) is 272 cm³/mol. The molecule has 6 nitrogen and oxygen atoms in total. The van der Waals surface area contributed by atoms with Gasteiger partial charge in [0.05, 0.1) is 55.8 Å². The first-order valence-electron chi connectivity index (χ1n) is 22.3. The first-order valence-corrected chi connectivity index (χ1v) is 22.3. The van der Waals surface area contributed by atoms with E-state index in [2.05, 4.69) is 231 Å². The molecule has 0 N–H and O–H groups in total. The first-order chi connectivity index (χ1) is 32.8. The Labute approximate surface area is 378 Å². The van der Waals surface area contributed by atoms with E-state index in [4.69, 9.17) is 4.98 Å². The lowest BCUT2D eigenvalue weighted by molar-refractivity contribution is 0.961. The van der Waals surface area contributed by atoms with Crippen molar-refractivity contribution < 1.29 is 0 Å². The fourth-order valence-corrected chi connectivity index (χ4v) is 10.9. The van der Waals surface area contributed by atoms with Gasteiger partial charge < -0.3 is 9.13 Å². The fourth-order valence-electron chi connectivity index (χ4n) is 10.9. The van der Waals surface area contributed by atoms with E-state index < -0.39 is 0 Å². The smallest absolute Gasteiger partial charge is 0.165 e. The Morgan fingerprint density at radius 2 is 0.576 bits per heavy atom. The van der Waals surface area contributed by atoms with E-state index in [0.29, 0.717) is 5.56 Å². The van der Waals surface area contributed by atoms with Crippen molar-refractivity contribution in [2.45, 2.75) is 0 Å². The molecule has 0 radical (unpaired) electrons. The third-order valence-corrected chi connectivity index (χ3v) is 13.6. The van der Waals surface area contributed by atoms with Gasteiger partial charge in [-0.05, 0) is 66.2 Å². The van der Waals surface area contributed by atoms with Gasteiger partial charge in [-0.1, -0.05) is 158 Å². The lowest BCUT2D eigenvalue weighted by Crippen LogP contribution is -2.16. The van der Waals surface area contributed by atoms with Gasteiger partial charge in [-0.3, -0.25) is 9.13 Å². The number of rotatable bonds is 5. The molecule has 14 aromatic rings. The Hall–Kier alpha value is -9.18. The van der Waals surface area contributed by atoms with Crippen LogP contribution < -0.4 is 0 Å². The van der Waals surface area contributed by atoms with Crippen molar-refractivity contribution in [2.24, 2.45) is 0 Å². The second-order valence-electron chi connectivity index (χ2n) is 17.0. The summed E-state index contributed by atoms with van der Waals surface area (Å²) in [6.07, 6.45) is 0. The van der Waals surface area contributed by atoms with Gasteiger partial charge in [0, 0.05) is 48.7 Å². The van der Waals surface area contributed by atoms with Gasteiger partial charge in [-0.2, -0.15) is 5.26 Å². The Morgan fingerprint density at radius 1 is 0.303 bits per heavy atom. The van der Waals surface area contributed by atoms with Crippen molar-refractivity contribution in [1.29, 1.82) is 5.26 Å². The minimum absolute atomic E-state index is 0.572.